The van der Waals surface area contributed by atoms with Crippen LogP contribution in [0.15, 0.2) is 59.5 Å². The first-order chi connectivity index (χ1) is 9.22. The van der Waals surface area contributed by atoms with Gasteiger partial charge in [0.25, 0.3) is 0 Å². The van der Waals surface area contributed by atoms with E-state index in [0.717, 1.165) is 16.2 Å². The van der Waals surface area contributed by atoms with Gasteiger partial charge in [0.2, 0.25) is 0 Å². The molecule has 2 aromatic carbocycles. The molecule has 0 aliphatic rings. The van der Waals surface area contributed by atoms with Crippen molar-refractivity contribution < 1.29 is 4.74 Å². The second-order valence-electron chi connectivity index (χ2n) is 4.41. The molecule has 0 fully saturated rings. The molecule has 0 radical (unpaired) electrons. The van der Waals surface area contributed by atoms with Gasteiger partial charge in [-0.25, -0.2) is 0 Å². The van der Waals surface area contributed by atoms with E-state index in [4.69, 9.17) is 10.5 Å². The highest BCUT2D eigenvalue weighted by atomic mass is 32.2. The molecule has 0 aliphatic heterocycles. The summed E-state index contributed by atoms with van der Waals surface area (Å²) in [6.45, 7) is 2.15. The van der Waals surface area contributed by atoms with E-state index in [1.165, 1.54) is 0 Å². The molecule has 19 heavy (non-hydrogen) atoms. The number of hydrogen-bond donors (Lipinski definition) is 1. The zero-order valence-corrected chi connectivity index (χ0v) is 12.1. The van der Waals surface area contributed by atoms with Crippen molar-refractivity contribution in [1.82, 2.24) is 0 Å². The lowest BCUT2D eigenvalue weighted by molar-refractivity contribution is 0.404. The largest absolute Gasteiger partial charge is 0.496 e. The quantitative estimate of drug-likeness (QED) is 0.840. The van der Waals surface area contributed by atoms with Crippen molar-refractivity contribution in [2.75, 3.05) is 7.11 Å². The molecular weight excluding hydrogens is 254 g/mol. The minimum absolute atomic E-state index is 0.0103. The zero-order chi connectivity index (χ0) is 13.7. The fourth-order valence-electron chi connectivity index (χ4n) is 1.94. The number of para-hydroxylation sites is 1. The Hall–Kier alpha value is -1.45. The Labute approximate surface area is 119 Å². The van der Waals surface area contributed by atoms with E-state index in [9.17, 15) is 0 Å². The summed E-state index contributed by atoms with van der Waals surface area (Å²) in [5.41, 5.74) is 7.48. The summed E-state index contributed by atoms with van der Waals surface area (Å²) >= 11 is 1.75. The predicted octanol–water partition coefficient (Wildman–Crippen LogP) is 3.88. The van der Waals surface area contributed by atoms with Gasteiger partial charge >= 0.3 is 0 Å². The number of ether oxygens (including phenoxy) is 1. The van der Waals surface area contributed by atoms with Crippen molar-refractivity contribution in [1.29, 1.82) is 0 Å². The molecule has 2 unspecified atom stereocenters. The van der Waals surface area contributed by atoms with Gasteiger partial charge in [-0.3, -0.25) is 0 Å². The lowest BCUT2D eigenvalue weighted by Gasteiger charge is -2.20. The van der Waals surface area contributed by atoms with Crippen LogP contribution in [0.25, 0.3) is 0 Å². The van der Waals surface area contributed by atoms with E-state index in [1.54, 1.807) is 18.9 Å². The highest BCUT2D eigenvalue weighted by molar-refractivity contribution is 8.00. The first-order valence-corrected chi connectivity index (χ1v) is 7.20. The van der Waals surface area contributed by atoms with E-state index in [2.05, 4.69) is 25.1 Å². The fourth-order valence-corrected chi connectivity index (χ4v) is 3.06. The maximum Gasteiger partial charge on any atom is 0.132 e. The Morgan fingerprint density at radius 2 is 1.63 bits per heavy atom. The minimum Gasteiger partial charge on any atom is -0.496 e. The van der Waals surface area contributed by atoms with Gasteiger partial charge < -0.3 is 10.5 Å². The Bertz CT molecular complexity index is 515. The number of thioether (sulfide) groups is 1. The summed E-state index contributed by atoms with van der Waals surface area (Å²) in [6, 6.07) is 18.3. The summed E-state index contributed by atoms with van der Waals surface area (Å²) in [4.78, 5) is 1.13. The van der Waals surface area contributed by atoms with Crippen LogP contribution in [0.3, 0.4) is 0 Å². The summed E-state index contributed by atoms with van der Waals surface area (Å²) in [5.74, 6) is 0.902. The molecule has 0 heterocycles. The molecule has 2 N–H and O–H groups in total. The van der Waals surface area contributed by atoms with Crippen LogP contribution in [0, 0.1) is 0 Å². The SMILES string of the molecule is COc1ccccc1SC(C)C(N)c1ccccc1. The van der Waals surface area contributed by atoms with Gasteiger partial charge in [0.15, 0.2) is 0 Å². The Kier molecular flexibility index (Phi) is 4.88. The third-order valence-electron chi connectivity index (χ3n) is 3.07. The monoisotopic (exact) mass is 273 g/mol. The number of benzene rings is 2. The predicted molar refractivity (Wildman–Crippen MR) is 81.7 cm³/mol. The van der Waals surface area contributed by atoms with Crippen molar-refractivity contribution in [3.63, 3.8) is 0 Å². The first-order valence-electron chi connectivity index (χ1n) is 6.32. The van der Waals surface area contributed by atoms with Crippen LogP contribution < -0.4 is 10.5 Å². The molecular formula is C16H19NOS. The molecule has 2 rings (SSSR count). The third kappa shape index (κ3) is 3.52. The zero-order valence-electron chi connectivity index (χ0n) is 11.2. The number of nitrogens with two attached hydrogens (primary N) is 1. The molecule has 2 aromatic rings. The van der Waals surface area contributed by atoms with Crippen LogP contribution in [0.1, 0.15) is 18.5 Å². The van der Waals surface area contributed by atoms with Crippen LogP contribution >= 0.6 is 11.8 Å². The minimum atomic E-state index is 0.0103. The van der Waals surface area contributed by atoms with Crippen molar-refractivity contribution >= 4 is 11.8 Å². The highest BCUT2D eigenvalue weighted by Crippen LogP contribution is 2.35. The summed E-state index contributed by atoms with van der Waals surface area (Å²) in [7, 11) is 1.70. The highest BCUT2D eigenvalue weighted by Gasteiger charge is 2.17. The number of rotatable bonds is 5. The Morgan fingerprint density at radius 1 is 1.00 bits per heavy atom. The van der Waals surface area contributed by atoms with Crippen LogP contribution in [0.4, 0.5) is 0 Å². The summed E-state index contributed by atoms with van der Waals surface area (Å²) < 4.78 is 5.37. The number of hydrogen-bond acceptors (Lipinski definition) is 3. The number of methoxy groups -OCH3 is 1. The smallest absolute Gasteiger partial charge is 0.132 e. The standard InChI is InChI=1S/C16H19NOS/c1-12(16(17)13-8-4-3-5-9-13)19-15-11-7-6-10-14(15)18-2/h3-12,16H,17H2,1-2H3. The van der Waals surface area contributed by atoms with Gasteiger partial charge in [0.05, 0.1) is 7.11 Å². The molecule has 0 saturated heterocycles. The second kappa shape index (κ2) is 6.64. The lowest BCUT2D eigenvalue weighted by atomic mass is 10.1. The van der Waals surface area contributed by atoms with Gasteiger partial charge in [-0.05, 0) is 17.7 Å². The van der Waals surface area contributed by atoms with Gasteiger partial charge in [-0.1, -0.05) is 49.4 Å². The molecule has 0 aliphatic carbocycles. The molecule has 3 heteroatoms. The van der Waals surface area contributed by atoms with Crippen molar-refractivity contribution in [2.45, 2.75) is 23.1 Å². The Morgan fingerprint density at radius 3 is 2.32 bits per heavy atom. The van der Waals surface area contributed by atoms with E-state index in [0.29, 0.717) is 0 Å². The van der Waals surface area contributed by atoms with Crippen LogP contribution in [0.2, 0.25) is 0 Å². The average molecular weight is 273 g/mol. The van der Waals surface area contributed by atoms with Crippen LogP contribution in [-0.2, 0) is 0 Å². The molecule has 2 atom stereocenters. The van der Waals surface area contributed by atoms with E-state index in [-0.39, 0.29) is 11.3 Å². The van der Waals surface area contributed by atoms with E-state index >= 15 is 0 Å². The van der Waals surface area contributed by atoms with E-state index in [1.807, 2.05) is 36.4 Å². The Balaban J connectivity index is 2.10. The van der Waals surface area contributed by atoms with E-state index < -0.39 is 0 Å². The second-order valence-corrected chi connectivity index (χ2v) is 5.83. The molecule has 0 amide bonds. The molecule has 2 nitrogen and oxygen atoms in total. The molecule has 0 bridgehead atoms. The van der Waals surface area contributed by atoms with Crippen molar-refractivity contribution in [3.8, 4) is 5.75 Å². The molecule has 0 saturated carbocycles. The maximum absolute atomic E-state index is 6.32. The third-order valence-corrected chi connectivity index (χ3v) is 4.33. The first kappa shape index (κ1) is 14.0. The lowest BCUT2D eigenvalue weighted by Crippen LogP contribution is -2.20. The van der Waals surface area contributed by atoms with Crippen LogP contribution in [-0.4, -0.2) is 12.4 Å². The van der Waals surface area contributed by atoms with Gasteiger partial charge in [0.1, 0.15) is 5.75 Å². The van der Waals surface area contributed by atoms with Gasteiger partial charge in [-0.15, -0.1) is 11.8 Å². The normalized spacial score (nSPS) is 13.8. The van der Waals surface area contributed by atoms with Crippen LogP contribution in [0.5, 0.6) is 5.75 Å². The molecule has 0 spiro atoms. The molecule has 0 aromatic heterocycles. The van der Waals surface area contributed by atoms with Crippen molar-refractivity contribution in [2.24, 2.45) is 5.73 Å². The fraction of sp³-hybridized carbons (Fsp3) is 0.250. The summed E-state index contributed by atoms with van der Waals surface area (Å²) in [5, 5.41) is 0.277. The topological polar surface area (TPSA) is 35.2 Å². The average Bonchev–Trinajstić information content (AvgIpc) is 2.48. The van der Waals surface area contributed by atoms with Crippen molar-refractivity contribution in [3.05, 3.63) is 60.2 Å². The van der Waals surface area contributed by atoms with Gasteiger partial charge in [-0.2, -0.15) is 0 Å². The molecule has 100 valence electrons. The maximum atomic E-state index is 6.32. The van der Waals surface area contributed by atoms with Gasteiger partial charge in [0, 0.05) is 16.2 Å². The summed E-state index contributed by atoms with van der Waals surface area (Å²) in [6.07, 6.45) is 0.